The van der Waals surface area contributed by atoms with Crippen molar-refractivity contribution in [2.24, 2.45) is 0 Å². The van der Waals surface area contributed by atoms with Crippen LogP contribution in [0.25, 0.3) is 0 Å². The molecule has 2 atom stereocenters. The lowest BCUT2D eigenvalue weighted by Crippen LogP contribution is -2.35. The third kappa shape index (κ3) is 6.89. The van der Waals surface area contributed by atoms with Crippen LogP contribution in [0.15, 0.2) is 12.2 Å². The molecule has 0 saturated carbocycles. The van der Waals surface area contributed by atoms with E-state index in [1.165, 1.54) is 12.2 Å². The zero-order valence-electron chi connectivity index (χ0n) is 12.9. The second-order valence-corrected chi connectivity index (χ2v) is 6.43. The first-order valence-electron chi connectivity index (χ1n) is 6.88. The summed E-state index contributed by atoms with van der Waals surface area (Å²) in [5, 5.41) is 2.32. The smallest absolute Gasteiger partial charge is 0.337 e. The molecule has 0 fully saturated rings. The van der Waals surface area contributed by atoms with Gasteiger partial charge in [0.2, 0.25) is 6.41 Å². The molecule has 0 aliphatic heterocycles. The number of hydrogen-bond acceptors (Lipinski definition) is 6. The summed E-state index contributed by atoms with van der Waals surface area (Å²) in [4.78, 5) is 22.1. The predicted molar refractivity (Wildman–Crippen MR) is 79.1 cm³/mol. The lowest BCUT2D eigenvalue weighted by molar-refractivity contribution is -0.145. The summed E-state index contributed by atoms with van der Waals surface area (Å²) >= 11 is 0. The van der Waals surface area contributed by atoms with E-state index >= 15 is 0 Å². The van der Waals surface area contributed by atoms with E-state index in [0.29, 0.717) is 6.41 Å². The minimum atomic E-state index is -3.29. The van der Waals surface area contributed by atoms with Crippen LogP contribution < -0.4 is 5.32 Å². The normalized spacial score (nSPS) is 14.7. The van der Waals surface area contributed by atoms with Gasteiger partial charge in [-0.1, -0.05) is 12.2 Å². The Bertz CT molecular complexity index is 388. The van der Waals surface area contributed by atoms with Gasteiger partial charge in [-0.25, -0.2) is 4.79 Å². The van der Waals surface area contributed by atoms with Gasteiger partial charge >= 0.3 is 13.6 Å². The molecule has 0 aromatic carbocycles. The molecule has 2 unspecified atom stereocenters. The van der Waals surface area contributed by atoms with Gasteiger partial charge in [0.15, 0.2) is 0 Å². The number of amides is 1. The van der Waals surface area contributed by atoms with E-state index in [1.54, 1.807) is 27.7 Å². The summed E-state index contributed by atoms with van der Waals surface area (Å²) in [6.07, 6.45) is 3.34. The van der Waals surface area contributed by atoms with Crippen molar-refractivity contribution >= 4 is 20.0 Å². The highest BCUT2D eigenvalue weighted by Gasteiger charge is 2.30. The summed E-state index contributed by atoms with van der Waals surface area (Å²) in [6, 6.07) is -0.929. The molecule has 0 bridgehead atoms. The molecule has 0 saturated heterocycles. The quantitative estimate of drug-likeness (QED) is 0.270. The molecule has 0 aliphatic carbocycles. The second-order valence-electron chi connectivity index (χ2n) is 4.02. The molecule has 21 heavy (non-hydrogen) atoms. The second kappa shape index (κ2) is 10.5. The van der Waals surface area contributed by atoms with Crippen LogP contribution >= 0.6 is 7.60 Å². The summed E-state index contributed by atoms with van der Waals surface area (Å²) in [7, 11) is -3.29. The zero-order valence-corrected chi connectivity index (χ0v) is 13.8. The number of ether oxygens (including phenoxy) is 1. The topological polar surface area (TPSA) is 90.9 Å². The predicted octanol–water partition coefficient (Wildman–Crippen LogP) is 1.87. The summed E-state index contributed by atoms with van der Waals surface area (Å²) in [6.45, 7) is 7.48. The molecule has 122 valence electrons. The summed E-state index contributed by atoms with van der Waals surface area (Å²) in [5.41, 5.74) is -0.553. The van der Waals surface area contributed by atoms with Crippen molar-refractivity contribution in [1.29, 1.82) is 0 Å². The molecule has 0 aromatic rings. The highest BCUT2D eigenvalue weighted by atomic mass is 31.2. The Hall–Kier alpha value is -1.17. The van der Waals surface area contributed by atoms with Crippen LogP contribution in [-0.4, -0.2) is 43.9 Å². The number of nitrogens with one attached hydrogen (secondary N) is 1. The van der Waals surface area contributed by atoms with Crippen LogP contribution in [0.4, 0.5) is 0 Å². The van der Waals surface area contributed by atoms with Gasteiger partial charge in [-0.2, -0.15) is 0 Å². The number of hydrogen-bond donors (Lipinski definition) is 1. The summed E-state index contributed by atoms with van der Waals surface area (Å²) in [5.74, 6) is -0.587. The van der Waals surface area contributed by atoms with E-state index < -0.39 is 25.3 Å². The van der Waals surface area contributed by atoms with Crippen molar-refractivity contribution in [3.63, 3.8) is 0 Å². The monoisotopic (exact) mass is 321 g/mol. The van der Waals surface area contributed by atoms with E-state index in [2.05, 4.69) is 5.32 Å². The van der Waals surface area contributed by atoms with Gasteiger partial charge in [-0.05, 0) is 27.7 Å². The Morgan fingerprint density at radius 2 is 1.71 bits per heavy atom. The first kappa shape index (κ1) is 19.8. The van der Waals surface area contributed by atoms with Crippen LogP contribution in [0.3, 0.4) is 0 Å². The van der Waals surface area contributed by atoms with Crippen molar-refractivity contribution < 1.29 is 27.9 Å². The largest absolute Gasteiger partial charge is 0.464 e. The van der Waals surface area contributed by atoms with Crippen molar-refractivity contribution in [1.82, 2.24) is 5.32 Å². The molecule has 8 heteroatoms. The maximum absolute atomic E-state index is 12.5. The number of esters is 1. The first-order chi connectivity index (χ1) is 9.95. The highest BCUT2D eigenvalue weighted by Crippen LogP contribution is 2.53. The molecule has 0 spiro atoms. The average Bonchev–Trinajstić information content (AvgIpc) is 2.43. The molecule has 0 aliphatic rings. The average molecular weight is 321 g/mol. The molecule has 1 amide bonds. The van der Waals surface area contributed by atoms with Crippen molar-refractivity contribution in [3.8, 4) is 0 Å². The third-order valence-corrected chi connectivity index (χ3v) is 4.89. The lowest BCUT2D eigenvalue weighted by atomic mass is 10.2. The van der Waals surface area contributed by atoms with Gasteiger partial charge in [0.1, 0.15) is 6.04 Å². The minimum Gasteiger partial charge on any atom is -0.464 e. The highest BCUT2D eigenvalue weighted by molar-refractivity contribution is 7.54. The van der Waals surface area contributed by atoms with Gasteiger partial charge in [0.05, 0.1) is 25.5 Å². The van der Waals surface area contributed by atoms with E-state index in [0.717, 1.165) is 0 Å². The standard InChI is InChI=1S/C13H24NO6P/c1-5-18-13(16)12(14-10-15)9-8-11(4)21(17,19-6-2)20-7-3/h8-12H,5-7H2,1-4H3,(H,14,15)/b9-8+. The Morgan fingerprint density at radius 3 is 2.14 bits per heavy atom. The van der Waals surface area contributed by atoms with Gasteiger partial charge in [-0.15, -0.1) is 0 Å². The van der Waals surface area contributed by atoms with Crippen LogP contribution in [0, 0.1) is 0 Å². The van der Waals surface area contributed by atoms with E-state index in [4.69, 9.17) is 13.8 Å². The van der Waals surface area contributed by atoms with Crippen LogP contribution in [0.1, 0.15) is 27.7 Å². The minimum absolute atomic E-state index is 0.204. The van der Waals surface area contributed by atoms with Crippen LogP contribution in [0.2, 0.25) is 0 Å². The molecular weight excluding hydrogens is 297 g/mol. The molecule has 0 radical (unpaired) electrons. The van der Waals surface area contributed by atoms with E-state index in [1.807, 2.05) is 0 Å². The lowest BCUT2D eigenvalue weighted by Gasteiger charge is -2.21. The molecule has 7 nitrogen and oxygen atoms in total. The number of carbonyl (C=O) groups excluding carboxylic acids is 2. The van der Waals surface area contributed by atoms with Gasteiger partial charge < -0.3 is 19.1 Å². The zero-order chi connectivity index (χ0) is 16.3. The fourth-order valence-corrected chi connectivity index (χ4v) is 3.09. The van der Waals surface area contributed by atoms with Crippen molar-refractivity contribution in [2.45, 2.75) is 39.4 Å². The number of allylic oxidation sites excluding steroid dienone is 1. The third-order valence-electron chi connectivity index (χ3n) is 2.49. The molecule has 0 heterocycles. The Balaban J connectivity index is 4.96. The van der Waals surface area contributed by atoms with E-state index in [9.17, 15) is 14.2 Å². The van der Waals surface area contributed by atoms with Gasteiger partial charge in [-0.3, -0.25) is 9.36 Å². The van der Waals surface area contributed by atoms with E-state index in [-0.39, 0.29) is 19.8 Å². The van der Waals surface area contributed by atoms with Crippen LogP contribution in [0.5, 0.6) is 0 Å². The SMILES string of the molecule is CCOC(=O)C(/C=C/C(C)P(=O)(OCC)OCC)NC=O. The fraction of sp³-hybridized carbons (Fsp3) is 0.692. The Labute approximate surface area is 125 Å². The van der Waals surface area contributed by atoms with Gasteiger partial charge in [0, 0.05) is 0 Å². The Morgan fingerprint density at radius 1 is 1.14 bits per heavy atom. The molecule has 1 N–H and O–H groups in total. The maximum atomic E-state index is 12.5. The molecular formula is C13H24NO6P. The molecule has 0 rings (SSSR count). The summed E-state index contributed by atoms with van der Waals surface area (Å²) < 4.78 is 27.7. The fourth-order valence-electron chi connectivity index (χ4n) is 1.52. The van der Waals surface area contributed by atoms with Crippen LogP contribution in [-0.2, 0) is 27.9 Å². The first-order valence-corrected chi connectivity index (χ1v) is 8.49. The molecule has 0 aromatic heterocycles. The maximum Gasteiger partial charge on any atom is 0.337 e. The van der Waals surface area contributed by atoms with Crippen molar-refractivity contribution in [3.05, 3.63) is 12.2 Å². The number of carbonyl (C=O) groups is 2. The van der Waals surface area contributed by atoms with Gasteiger partial charge in [0.25, 0.3) is 0 Å². The number of rotatable bonds is 11. The van der Waals surface area contributed by atoms with Crippen molar-refractivity contribution in [2.75, 3.05) is 19.8 Å². The Kier molecular flexibility index (Phi) is 9.95.